The molecule has 0 unspecified atom stereocenters. The highest BCUT2D eigenvalue weighted by molar-refractivity contribution is 5.85. The van der Waals surface area contributed by atoms with Gasteiger partial charge in [0.2, 0.25) is 0 Å². The largest absolute Gasteiger partial charge is 0.388 e. The molecule has 0 aliphatic carbocycles. The molecule has 0 spiro atoms. The number of halogens is 4. The van der Waals surface area contributed by atoms with Crippen molar-refractivity contribution in [1.29, 1.82) is 0 Å². The lowest BCUT2D eigenvalue weighted by molar-refractivity contribution is 0.132. The number of nitrogens with two attached hydrogens (primary N) is 1. The van der Waals surface area contributed by atoms with Crippen molar-refractivity contribution in [2.24, 2.45) is 11.1 Å². The van der Waals surface area contributed by atoms with Gasteiger partial charge in [0.15, 0.2) is 17.5 Å². The summed E-state index contributed by atoms with van der Waals surface area (Å²) in [4.78, 5) is 0. The van der Waals surface area contributed by atoms with Crippen molar-refractivity contribution in [2.45, 2.75) is 39.3 Å². The Kier molecular flexibility index (Phi) is 6.32. The van der Waals surface area contributed by atoms with E-state index in [-0.39, 0.29) is 35.8 Å². The maximum atomic E-state index is 13.0. The van der Waals surface area contributed by atoms with Crippen LogP contribution in [0.1, 0.15) is 38.9 Å². The second kappa shape index (κ2) is 6.59. The second-order valence-corrected chi connectivity index (χ2v) is 5.52. The first-order valence-electron chi connectivity index (χ1n) is 5.71. The van der Waals surface area contributed by atoms with Crippen LogP contribution in [0.4, 0.5) is 13.2 Å². The van der Waals surface area contributed by atoms with E-state index in [0.717, 1.165) is 12.1 Å². The maximum absolute atomic E-state index is 13.0. The van der Waals surface area contributed by atoms with Crippen LogP contribution in [0.3, 0.4) is 0 Å². The molecule has 0 fully saturated rings. The number of aliphatic hydroxyl groups excluding tert-OH is 1. The zero-order valence-corrected chi connectivity index (χ0v) is 11.9. The first-order chi connectivity index (χ1) is 8.12. The van der Waals surface area contributed by atoms with Crippen LogP contribution in [0.2, 0.25) is 0 Å². The van der Waals surface area contributed by atoms with Crippen LogP contribution in [0.25, 0.3) is 0 Å². The highest BCUT2D eigenvalue weighted by Gasteiger charge is 2.25. The van der Waals surface area contributed by atoms with Crippen molar-refractivity contribution < 1.29 is 18.3 Å². The molecule has 0 amide bonds. The van der Waals surface area contributed by atoms with Crippen molar-refractivity contribution in [3.8, 4) is 0 Å². The predicted molar refractivity (Wildman–Crippen MR) is 70.6 cm³/mol. The highest BCUT2D eigenvalue weighted by Crippen LogP contribution is 2.28. The third kappa shape index (κ3) is 4.67. The zero-order chi connectivity index (χ0) is 14.1. The molecule has 110 valence electrons. The number of aliphatic hydroxyl groups is 1. The minimum Gasteiger partial charge on any atom is -0.388 e. The third-order valence-electron chi connectivity index (χ3n) is 2.98. The number of hydrogen-bond acceptors (Lipinski definition) is 2. The van der Waals surface area contributed by atoms with Gasteiger partial charge in [0, 0.05) is 6.04 Å². The fraction of sp³-hybridized carbons (Fsp3) is 0.538. The molecule has 0 heterocycles. The van der Waals surface area contributed by atoms with Gasteiger partial charge in [-0.05, 0) is 29.5 Å². The summed E-state index contributed by atoms with van der Waals surface area (Å²) in [5.41, 5.74) is 5.63. The standard InChI is InChI=1S/C13H18F3NO.ClH/c1-13(2,3)11(17)6-10(18)7-4-8(14)12(16)9(15)5-7;/h4-5,10-11,18H,6,17H2,1-3H3;1H/t10-,11+;/m1./s1. The van der Waals surface area contributed by atoms with E-state index in [2.05, 4.69) is 0 Å². The van der Waals surface area contributed by atoms with Crippen LogP contribution in [0.5, 0.6) is 0 Å². The van der Waals surface area contributed by atoms with Crippen molar-refractivity contribution in [3.63, 3.8) is 0 Å². The summed E-state index contributed by atoms with van der Waals surface area (Å²) in [6, 6.07) is 1.24. The van der Waals surface area contributed by atoms with E-state index in [1.807, 2.05) is 20.8 Å². The first-order valence-corrected chi connectivity index (χ1v) is 5.71. The number of hydrogen-bond donors (Lipinski definition) is 2. The molecule has 2 atom stereocenters. The Balaban J connectivity index is 0.00000324. The molecule has 0 saturated heterocycles. The normalized spacial score (nSPS) is 14.7. The predicted octanol–water partition coefficient (Wildman–Crippen LogP) is 3.32. The van der Waals surface area contributed by atoms with E-state index in [1.54, 1.807) is 0 Å². The molecular weight excluding hydrogens is 279 g/mol. The summed E-state index contributed by atoms with van der Waals surface area (Å²) >= 11 is 0. The second-order valence-electron chi connectivity index (χ2n) is 5.52. The molecule has 2 nitrogen and oxygen atoms in total. The van der Waals surface area contributed by atoms with Crippen LogP contribution >= 0.6 is 12.4 Å². The summed E-state index contributed by atoms with van der Waals surface area (Å²) in [6.07, 6.45) is -0.975. The van der Waals surface area contributed by atoms with E-state index in [4.69, 9.17) is 5.73 Å². The minimum atomic E-state index is -1.54. The van der Waals surface area contributed by atoms with Crippen molar-refractivity contribution in [3.05, 3.63) is 35.1 Å². The van der Waals surface area contributed by atoms with Crippen LogP contribution in [0, 0.1) is 22.9 Å². The molecule has 0 saturated carbocycles. The van der Waals surface area contributed by atoms with Crippen molar-refractivity contribution in [2.75, 3.05) is 0 Å². The summed E-state index contributed by atoms with van der Waals surface area (Å²) in [7, 11) is 0. The lowest BCUT2D eigenvalue weighted by atomic mass is 9.83. The van der Waals surface area contributed by atoms with E-state index in [9.17, 15) is 18.3 Å². The minimum absolute atomic E-state index is 0. The Labute approximate surface area is 117 Å². The molecule has 0 aromatic heterocycles. The summed E-state index contributed by atoms with van der Waals surface area (Å²) in [6.45, 7) is 5.70. The van der Waals surface area contributed by atoms with Gasteiger partial charge in [0.05, 0.1) is 6.10 Å². The van der Waals surface area contributed by atoms with Gasteiger partial charge in [-0.1, -0.05) is 20.8 Å². The fourth-order valence-corrected chi connectivity index (χ4v) is 1.50. The molecule has 1 rings (SSSR count). The van der Waals surface area contributed by atoms with Crippen LogP contribution in [-0.2, 0) is 0 Å². The van der Waals surface area contributed by atoms with Gasteiger partial charge in [-0.2, -0.15) is 0 Å². The van der Waals surface area contributed by atoms with Crippen LogP contribution in [-0.4, -0.2) is 11.1 Å². The molecule has 1 aromatic rings. The number of rotatable bonds is 3. The lowest BCUT2D eigenvalue weighted by Gasteiger charge is -2.29. The molecule has 3 N–H and O–H groups in total. The van der Waals surface area contributed by atoms with E-state index >= 15 is 0 Å². The molecule has 19 heavy (non-hydrogen) atoms. The first kappa shape index (κ1) is 18.2. The molecule has 0 aliphatic rings. The zero-order valence-electron chi connectivity index (χ0n) is 11.1. The molecule has 0 bridgehead atoms. The van der Waals surface area contributed by atoms with Crippen LogP contribution in [0.15, 0.2) is 12.1 Å². The Morgan fingerprint density at radius 1 is 1.16 bits per heavy atom. The summed E-state index contributed by atoms with van der Waals surface area (Å²) in [5.74, 6) is -4.16. The molecular formula is C13H19ClF3NO. The lowest BCUT2D eigenvalue weighted by Crippen LogP contribution is -2.36. The van der Waals surface area contributed by atoms with Gasteiger partial charge in [0.25, 0.3) is 0 Å². The van der Waals surface area contributed by atoms with Gasteiger partial charge in [-0.3, -0.25) is 0 Å². The third-order valence-corrected chi connectivity index (χ3v) is 2.98. The molecule has 0 aliphatic heterocycles. The summed E-state index contributed by atoms with van der Waals surface area (Å²) in [5, 5.41) is 9.86. The van der Waals surface area contributed by atoms with Gasteiger partial charge in [-0.25, -0.2) is 13.2 Å². The van der Waals surface area contributed by atoms with E-state index in [0.29, 0.717) is 0 Å². The Morgan fingerprint density at radius 3 is 1.95 bits per heavy atom. The van der Waals surface area contributed by atoms with Gasteiger partial charge >= 0.3 is 0 Å². The van der Waals surface area contributed by atoms with Crippen LogP contribution < -0.4 is 5.73 Å². The average molecular weight is 298 g/mol. The topological polar surface area (TPSA) is 46.2 Å². The molecule has 6 heteroatoms. The Morgan fingerprint density at radius 2 is 1.58 bits per heavy atom. The quantitative estimate of drug-likeness (QED) is 0.841. The fourth-order valence-electron chi connectivity index (χ4n) is 1.50. The summed E-state index contributed by atoms with van der Waals surface area (Å²) < 4.78 is 38.8. The van der Waals surface area contributed by atoms with Gasteiger partial charge in [-0.15, -0.1) is 12.4 Å². The Bertz CT molecular complexity index is 411. The Hall–Kier alpha value is -0.780. The van der Waals surface area contributed by atoms with Crippen molar-refractivity contribution in [1.82, 2.24) is 0 Å². The smallest absolute Gasteiger partial charge is 0.194 e. The number of benzene rings is 1. The molecule has 0 radical (unpaired) electrons. The van der Waals surface area contributed by atoms with E-state index < -0.39 is 23.6 Å². The average Bonchev–Trinajstić information content (AvgIpc) is 2.23. The maximum Gasteiger partial charge on any atom is 0.194 e. The highest BCUT2D eigenvalue weighted by atomic mass is 35.5. The van der Waals surface area contributed by atoms with Crippen molar-refractivity contribution >= 4 is 12.4 Å². The monoisotopic (exact) mass is 297 g/mol. The van der Waals surface area contributed by atoms with E-state index in [1.165, 1.54) is 0 Å². The van der Waals surface area contributed by atoms with Gasteiger partial charge in [0.1, 0.15) is 0 Å². The molecule has 1 aromatic carbocycles. The SMILES string of the molecule is CC(C)(C)[C@@H](N)C[C@@H](O)c1cc(F)c(F)c(F)c1.Cl. The van der Waals surface area contributed by atoms with Gasteiger partial charge < -0.3 is 10.8 Å².